The topological polar surface area (TPSA) is 124 Å². The predicted molar refractivity (Wildman–Crippen MR) is 164 cm³/mol. The lowest BCUT2D eigenvalue weighted by Gasteiger charge is -2.31. The number of fused-ring (bicyclic) bond motifs is 4. The lowest BCUT2D eigenvalue weighted by atomic mass is 9.94. The van der Waals surface area contributed by atoms with Crippen molar-refractivity contribution in [2.75, 3.05) is 24.6 Å². The average Bonchev–Trinajstić information content (AvgIpc) is 3.80. The van der Waals surface area contributed by atoms with Crippen LogP contribution in [0.5, 0.6) is 11.8 Å². The van der Waals surface area contributed by atoms with E-state index in [4.69, 9.17) is 9.72 Å². The molecule has 0 aliphatic carbocycles. The fourth-order valence-corrected chi connectivity index (χ4v) is 7.66. The first kappa shape index (κ1) is 28.9. The Morgan fingerprint density at radius 1 is 1.17 bits per heavy atom. The van der Waals surface area contributed by atoms with Crippen molar-refractivity contribution < 1.29 is 28.1 Å². The molecular weight excluding hydrogens is 599 g/mol. The van der Waals surface area contributed by atoms with Gasteiger partial charge in [-0.25, -0.2) is 13.2 Å². The maximum atomic E-state index is 16.8. The molecular formula is C33H32F3N7O3. The van der Waals surface area contributed by atoms with E-state index in [9.17, 15) is 19.0 Å². The molecule has 2 aromatic carbocycles. The van der Waals surface area contributed by atoms with Gasteiger partial charge in [-0.1, -0.05) is 13.0 Å². The number of nitrogens with one attached hydrogen (secondary N) is 1. The van der Waals surface area contributed by atoms with E-state index in [2.05, 4.69) is 25.1 Å². The zero-order valence-corrected chi connectivity index (χ0v) is 25.2. The van der Waals surface area contributed by atoms with Crippen LogP contribution in [0.3, 0.4) is 0 Å². The molecule has 8 rings (SSSR count). The van der Waals surface area contributed by atoms with Gasteiger partial charge in [-0.05, 0) is 60.3 Å². The maximum absolute atomic E-state index is 16.8. The largest absolute Gasteiger partial charge is 0.508 e. The number of pyridine rings is 1. The summed E-state index contributed by atoms with van der Waals surface area (Å²) in [4.78, 5) is 17.8. The van der Waals surface area contributed by atoms with Gasteiger partial charge in [-0.3, -0.25) is 15.0 Å². The summed E-state index contributed by atoms with van der Waals surface area (Å²) >= 11 is 0. The van der Waals surface area contributed by atoms with Gasteiger partial charge in [0.1, 0.15) is 41.4 Å². The van der Waals surface area contributed by atoms with E-state index in [0.717, 1.165) is 30.6 Å². The number of hydrogen-bond acceptors (Lipinski definition) is 9. The highest BCUT2D eigenvalue weighted by Crippen LogP contribution is 2.42. The Hall–Kier alpha value is -4.49. The first-order chi connectivity index (χ1) is 22.3. The standard InChI is InChI=1S/C33H32F3N7O3/c1-2-20-24(35)5-4-17-8-19(45)9-21(27(17)20)29-28(36)30-22(11-37-29)31(42-13-23-25(14-42)40-41-26(23)15-44)39-32(38-30)46-16-33-6-3-7-43(33)12-18(34)10-33/h4-5,8-9,11,18,44-45H,2-3,6-7,10,12-16H2,1H3,(H,40,41)/t18-,33+/m1/s1. The number of halogens is 3. The normalized spacial score (nSPS) is 21.1. The summed E-state index contributed by atoms with van der Waals surface area (Å²) in [6.07, 6.45) is 2.96. The summed E-state index contributed by atoms with van der Waals surface area (Å²) in [6.45, 7) is 3.62. The number of H-pyrrole nitrogens is 1. The van der Waals surface area contributed by atoms with Gasteiger partial charge in [-0.15, -0.1) is 0 Å². The number of phenols is 1. The Bertz CT molecular complexity index is 2020. The quantitative estimate of drug-likeness (QED) is 0.226. The van der Waals surface area contributed by atoms with Crippen molar-refractivity contribution in [3.63, 3.8) is 0 Å². The molecule has 46 heavy (non-hydrogen) atoms. The number of ether oxygens (including phenoxy) is 1. The Kier molecular flexibility index (Phi) is 6.80. The zero-order chi connectivity index (χ0) is 31.7. The highest BCUT2D eigenvalue weighted by atomic mass is 19.1. The molecule has 0 bridgehead atoms. The number of aromatic amines is 1. The van der Waals surface area contributed by atoms with Crippen LogP contribution >= 0.6 is 0 Å². The molecule has 0 spiro atoms. The fourth-order valence-electron chi connectivity index (χ4n) is 7.66. The van der Waals surface area contributed by atoms with Crippen LogP contribution < -0.4 is 9.64 Å². The van der Waals surface area contributed by atoms with Crippen molar-refractivity contribution in [3.8, 4) is 23.0 Å². The number of hydrogen-bond donors (Lipinski definition) is 3. The first-order valence-electron chi connectivity index (χ1n) is 15.5. The summed E-state index contributed by atoms with van der Waals surface area (Å²) in [6, 6.07) is 5.72. The highest BCUT2D eigenvalue weighted by molar-refractivity contribution is 6.01. The minimum absolute atomic E-state index is 0.0556. The van der Waals surface area contributed by atoms with Gasteiger partial charge >= 0.3 is 6.01 Å². The smallest absolute Gasteiger partial charge is 0.319 e. The predicted octanol–water partition coefficient (Wildman–Crippen LogP) is 5.08. The molecule has 0 saturated carbocycles. The second-order valence-electron chi connectivity index (χ2n) is 12.5. The maximum Gasteiger partial charge on any atom is 0.319 e. The van der Waals surface area contributed by atoms with Crippen LogP contribution in [0.25, 0.3) is 32.9 Å². The van der Waals surface area contributed by atoms with Crippen LogP contribution in [0.15, 0.2) is 30.5 Å². The summed E-state index contributed by atoms with van der Waals surface area (Å²) in [5.74, 6) is -0.946. The third-order valence-corrected chi connectivity index (χ3v) is 9.82. The zero-order valence-electron chi connectivity index (χ0n) is 25.2. The van der Waals surface area contributed by atoms with E-state index in [1.54, 1.807) is 6.07 Å². The lowest BCUT2D eigenvalue weighted by Crippen LogP contribution is -2.43. The Labute approximate surface area is 261 Å². The van der Waals surface area contributed by atoms with Gasteiger partial charge in [0, 0.05) is 36.8 Å². The summed E-state index contributed by atoms with van der Waals surface area (Å²) in [7, 11) is 0. The number of phenolic OH excluding ortho intramolecular Hbond substituents is 1. The van der Waals surface area contributed by atoms with Crippen LogP contribution in [0.2, 0.25) is 0 Å². The molecule has 3 aromatic heterocycles. The molecule has 2 atom stereocenters. The molecule has 0 radical (unpaired) electrons. The van der Waals surface area contributed by atoms with Crippen molar-refractivity contribution in [2.45, 2.75) is 64.0 Å². The first-order valence-corrected chi connectivity index (χ1v) is 15.5. The number of aliphatic hydroxyl groups excluding tert-OH is 1. The molecule has 3 aliphatic heterocycles. The van der Waals surface area contributed by atoms with E-state index in [0.29, 0.717) is 65.7 Å². The number of aromatic hydroxyl groups is 1. The molecule has 6 heterocycles. The van der Waals surface area contributed by atoms with Crippen molar-refractivity contribution in [1.29, 1.82) is 0 Å². The second kappa shape index (κ2) is 10.8. The number of alkyl halides is 1. The molecule has 238 valence electrons. The molecule has 2 fully saturated rings. The third kappa shape index (κ3) is 4.47. The number of benzene rings is 2. The minimum atomic E-state index is -0.939. The number of aromatic nitrogens is 5. The monoisotopic (exact) mass is 631 g/mol. The molecule has 10 nitrogen and oxygen atoms in total. The lowest BCUT2D eigenvalue weighted by molar-refractivity contribution is 0.107. The Morgan fingerprint density at radius 3 is 2.87 bits per heavy atom. The minimum Gasteiger partial charge on any atom is -0.508 e. The Balaban J connectivity index is 1.27. The molecule has 13 heteroatoms. The van der Waals surface area contributed by atoms with E-state index in [1.807, 2.05) is 11.8 Å². The van der Waals surface area contributed by atoms with Crippen LogP contribution in [0.4, 0.5) is 19.0 Å². The van der Waals surface area contributed by atoms with E-state index >= 15 is 4.39 Å². The van der Waals surface area contributed by atoms with Gasteiger partial charge in [0.2, 0.25) is 0 Å². The van der Waals surface area contributed by atoms with E-state index in [1.165, 1.54) is 24.4 Å². The van der Waals surface area contributed by atoms with Crippen molar-refractivity contribution in [3.05, 3.63) is 64.6 Å². The average molecular weight is 632 g/mol. The van der Waals surface area contributed by atoms with Crippen LogP contribution in [-0.2, 0) is 26.1 Å². The molecule has 3 aliphatic rings. The van der Waals surface area contributed by atoms with Crippen molar-refractivity contribution >= 4 is 27.5 Å². The molecule has 2 saturated heterocycles. The van der Waals surface area contributed by atoms with Crippen LogP contribution in [0.1, 0.15) is 48.7 Å². The van der Waals surface area contributed by atoms with E-state index < -0.39 is 23.3 Å². The van der Waals surface area contributed by atoms with Crippen molar-refractivity contribution in [1.82, 2.24) is 30.0 Å². The van der Waals surface area contributed by atoms with Crippen molar-refractivity contribution in [2.24, 2.45) is 0 Å². The van der Waals surface area contributed by atoms with Crippen LogP contribution in [-0.4, -0.2) is 71.7 Å². The van der Waals surface area contributed by atoms with Gasteiger partial charge in [-0.2, -0.15) is 15.1 Å². The van der Waals surface area contributed by atoms with E-state index in [-0.39, 0.29) is 41.7 Å². The van der Waals surface area contributed by atoms with Gasteiger partial charge in [0.25, 0.3) is 0 Å². The third-order valence-electron chi connectivity index (χ3n) is 9.82. The molecule has 3 N–H and O–H groups in total. The number of nitrogens with zero attached hydrogens (tertiary/aromatic N) is 6. The fraction of sp³-hybridized carbons (Fsp3) is 0.394. The molecule has 5 aromatic rings. The Morgan fingerprint density at radius 2 is 2.04 bits per heavy atom. The summed E-state index contributed by atoms with van der Waals surface area (Å²) in [5, 5.41) is 28.9. The highest BCUT2D eigenvalue weighted by Gasteiger charge is 2.49. The number of rotatable bonds is 7. The number of anilines is 1. The van der Waals surface area contributed by atoms with Gasteiger partial charge in [0.05, 0.1) is 35.5 Å². The molecule has 0 amide bonds. The van der Waals surface area contributed by atoms with Crippen LogP contribution in [0, 0.1) is 11.6 Å². The molecule has 0 unspecified atom stereocenters. The summed E-state index contributed by atoms with van der Waals surface area (Å²) in [5.41, 5.74) is 2.17. The van der Waals surface area contributed by atoms with Gasteiger partial charge in [0.15, 0.2) is 5.82 Å². The summed E-state index contributed by atoms with van der Waals surface area (Å²) < 4.78 is 52.4. The SMILES string of the molecule is CCc1c(F)ccc2cc(O)cc(-c3ncc4c(N5Cc6n[nH]c(CO)c6C5)nc(OC[C@@]56CCCN5C[C@H](F)C6)nc4c3F)c12. The number of aliphatic hydroxyl groups is 1. The second-order valence-corrected chi connectivity index (χ2v) is 12.5. The van der Waals surface area contributed by atoms with Gasteiger partial charge < -0.3 is 19.8 Å². The number of aryl methyl sites for hydroxylation is 1.